The fraction of sp³-hybridized carbons (Fsp3) is 0.300. The Hall–Kier alpha value is -2.90. The Bertz CT molecular complexity index is 1050. The van der Waals surface area contributed by atoms with E-state index in [9.17, 15) is 0 Å². The first-order valence-corrected chi connectivity index (χ1v) is 9.10. The van der Waals surface area contributed by atoms with Crippen LogP contribution in [0.2, 0.25) is 0 Å². The molecule has 0 radical (unpaired) electrons. The van der Waals surface area contributed by atoms with Gasteiger partial charge in [-0.05, 0) is 24.6 Å². The van der Waals surface area contributed by atoms with Crippen molar-refractivity contribution < 1.29 is 13.9 Å². The van der Waals surface area contributed by atoms with Crippen molar-refractivity contribution in [3.63, 3.8) is 0 Å². The van der Waals surface area contributed by atoms with Gasteiger partial charge in [-0.1, -0.05) is 18.2 Å². The largest absolute Gasteiger partial charge is 0.472 e. The molecule has 2 unspecified atom stereocenters. The topological polar surface area (TPSA) is 87.8 Å². The number of benzene rings is 1. The van der Waals surface area contributed by atoms with Gasteiger partial charge in [0.2, 0.25) is 5.88 Å². The van der Waals surface area contributed by atoms with E-state index in [2.05, 4.69) is 10.1 Å². The van der Waals surface area contributed by atoms with Gasteiger partial charge in [0, 0.05) is 30.5 Å². The van der Waals surface area contributed by atoms with Crippen LogP contribution in [0.15, 0.2) is 53.1 Å². The van der Waals surface area contributed by atoms with Crippen molar-refractivity contribution in [3.8, 4) is 17.3 Å². The Labute approximate surface area is 155 Å². The second-order valence-electron chi connectivity index (χ2n) is 6.75. The van der Waals surface area contributed by atoms with Crippen LogP contribution in [0.5, 0.6) is 5.88 Å². The Morgan fingerprint density at radius 2 is 2.19 bits per heavy atom. The number of furan rings is 1. The van der Waals surface area contributed by atoms with Crippen LogP contribution >= 0.6 is 0 Å². The summed E-state index contributed by atoms with van der Waals surface area (Å²) in [4.78, 5) is 4.42. The summed E-state index contributed by atoms with van der Waals surface area (Å²) >= 11 is 0. The fourth-order valence-electron chi connectivity index (χ4n) is 3.53. The highest BCUT2D eigenvalue weighted by molar-refractivity contribution is 5.82. The second kappa shape index (κ2) is 6.68. The van der Waals surface area contributed by atoms with E-state index < -0.39 is 0 Å². The van der Waals surface area contributed by atoms with Gasteiger partial charge in [-0.2, -0.15) is 0 Å². The molecule has 138 valence electrons. The summed E-state index contributed by atoms with van der Waals surface area (Å²) in [5.74, 6) is 1.53. The predicted octanol–water partition coefficient (Wildman–Crippen LogP) is 2.89. The lowest BCUT2D eigenvalue weighted by Crippen LogP contribution is -2.35. The molecular formula is C20H20N4O3. The number of para-hydroxylation sites is 1. The quantitative estimate of drug-likeness (QED) is 0.586. The summed E-state index contributed by atoms with van der Waals surface area (Å²) < 4.78 is 19.2. The summed E-state index contributed by atoms with van der Waals surface area (Å²) in [7, 11) is 0. The average molecular weight is 364 g/mol. The maximum absolute atomic E-state index is 6.08. The lowest BCUT2D eigenvalue weighted by Gasteiger charge is -2.21. The number of aromatic nitrogens is 3. The molecule has 0 amide bonds. The van der Waals surface area contributed by atoms with E-state index in [0.29, 0.717) is 30.7 Å². The molecule has 2 atom stereocenters. The highest BCUT2D eigenvalue weighted by atomic mass is 16.5. The van der Waals surface area contributed by atoms with E-state index in [1.54, 1.807) is 10.7 Å². The number of nitrogens with two attached hydrogens (primary N) is 1. The van der Waals surface area contributed by atoms with Crippen LogP contribution in [0.1, 0.15) is 6.42 Å². The third-order valence-corrected chi connectivity index (χ3v) is 5.01. The first-order chi connectivity index (χ1) is 13.3. The van der Waals surface area contributed by atoms with Crippen LogP contribution < -0.4 is 10.5 Å². The minimum atomic E-state index is -0.115. The van der Waals surface area contributed by atoms with Crippen LogP contribution in [0.3, 0.4) is 0 Å². The van der Waals surface area contributed by atoms with E-state index in [1.165, 1.54) is 0 Å². The zero-order valence-electron chi connectivity index (χ0n) is 14.7. The standard InChI is InChI=1S/C20H20N4O3/c21-10-18(14-7-8-25-12-14)27-20-6-5-19-22-11-15(24(19)23-20)17-9-13-3-1-2-4-16(13)26-17/h1-6,9,11,14,18H,7-8,10,12,21H2. The molecule has 2 N–H and O–H groups in total. The first-order valence-electron chi connectivity index (χ1n) is 9.10. The molecule has 4 aromatic rings. The van der Waals surface area contributed by atoms with Crippen molar-refractivity contribution in [1.29, 1.82) is 0 Å². The van der Waals surface area contributed by atoms with Gasteiger partial charge in [0.05, 0.1) is 12.8 Å². The average Bonchev–Trinajstić information content (AvgIpc) is 3.44. The maximum atomic E-state index is 6.08. The molecule has 1 aliphatic rings. The van der Waals surface area contributed by atoms with Gasteiger partial charge >= 0.3 is 0 Å². The predicted molar refractivity (Wildman–Crippen MR) is 101 cm³/mol. The minimum Gasteiger partial charge on any atom is -0.472 e. The Morgan fingerprint density at radius 3 is 3.00 bits per heavy atom. The van der Waals surface area contributed by atoms with Gasteiger partial charge in [0.25, 0.3) is 0 Å². The van der Waals surface area contributed by atoms with Crippen molar-refractivity contribution in [2.45, 2.75) is 12.5 Å². The summed E-state index contributed by atoms with van der Waals surface area (Å²) in [5, 5.41) is 5.66. The van der Waals surface area contributed by atoms with Crippen molar-refractivity contribution in [3.05, 3.63) is 48.7 Å². The van der Waals surface area contributed by atoms with Crippen molar-refractivity contribution in [2.24, 2.45) is 11.7 Å². The van der Waals surface area contributed by atoms with Gasteiger partial charge in [-0.15, -0.1) is 5.10 Å². The summed E-state index contributed by atoms with van der Waals surface area (Å²) in [6, 6.07) is 13.6. The van der Waals surface area contributed by atoms with Crippen molar-refractivity contribution in [1.82, 2.24) is 14.6 Å². The highest BCUT2D eigenvalue weighted by Gasteiger charge is 2.27. The molecule has 0 saturated carbocycles. The summed E-state index contributed by atoms with van der Waals surface area (Å²) in [6.45, 7) is 1.86. The molecule has 1 saturated heterocycles. The van der Waals surface area contributed by atoms with E-state index in [-0.39, 0.29) is 6.10 Å². The number of hydrogen-bond donors (Lipinski definition) is 1. The molecule has 7 nitrogen and oxygen atoms in total. The van der Waals surface area contributed by atoms with Crippen molar-refractivity contribution >= 4 is 16.6 Å². The molecule has 0 bridgehead atoms. The monoisotopic (exact) mass is 364 g/mol. The number of rotatable bonds is 5. The van der Waals surface area contributed by atoms with Gasteiger partial charge in [-0.25, -0.2) is 9.50 Å². The van der Waals surface area contributed by atoms with E-state index in [1.807, 2.05) is 42.5 Å². The molecule has 5 rings (SSSR count). The van der Waals surface area contributed by atoms with Crippen LogP contribution in [-0.4, -0.2) is 40.5 Å². The van der Waals surface area contributed by atoms with E-state index >= 15 is 0 Å². The summed E-state index contributed by atoms with van der Waals surface area (Å²) in [6.07, 6.45) is 2.60. The minimum absolute atomic E-state index is 0.115. The molecule has 0 spiro atoms. The molecule has 4 heterocycles. The molecule has 1 aromatic carbocycles. The number of ether oxygens (including phenoxy) is 2. The summed E-state index contributed by atoms with van der Waals surface area (Å²) in [5.41, 5.74) is 8.25. The lowest BCUT2D eigenvalue weighted by molar-refractivity contribution is 0.111. The number of fused-ring (bicyclic) bond motifs is 2. The third kappa shape index (κ3) is 2.94. The lowest BCUT2D eigenvalue weighted by atomic mass is 10.0. The Kier molecular flexibility index (Phi) is 4.03. The van der Waals surface area contributed by atoms with Crippen molar-refractivity contribution in [2.75, 3.05) is 19.8 Å². The molecular weight excluding hydrogens is 344 g/mol. The molecule has 7 heteroatoms. The number of nitrogens with zero attached hydrogens (tertiary/aromatic N) is 3. The van der Waals surface area contributed by atoms with Gasteiger partial charge in [0.1, 0.15) is 17.4 Å². The van der Waals surface area contributed by atoms with Crippen LogP contribution in [0.4, 0.5) is 0 Å². The zero-order valence-corrected chi connectivity index (χ0v) is 14.7. The third-order valence-electron chi connectivity index (χ3n) is 5.01. The van der Waals surface area contributed by atoms with Crippen LogP contribution in [-0.2, 0) is 4.74 Å². The number of hydrogen-bond acceptors (Lipinski definition) is 6. The Balaban J connectivity index is 1.50. The van der Waals surface area contributed by atoms with Gasteiger partial charge in [-0.3, -0.25) is 0 Å². The van der Waals surface area contributed by atoms with Gasteiger partial charge in [0.15, 0.2) is 11.4 Å². The van der Waals surface area contributed by atoms with Crippen LogP contribution in [0.25, 0.3) is 28.1 Å². The smallest absolute Gasteiger partial charge is 0.232 e. The maximum Gasteiger partial charge on any atom is 0.232 e. The van der Waals surface area contributed by atoms with Crippen LogP contribution in [0, 0.1) is 5.92 Å². The molecule has 1 fully saturated rings. The molecule has 1 aliphatic heterocycles. The van der Waals surface area contributed by atoms with Gasteiger partial charge < -0.3 is 19.6 Å². The number of imidazole rings is 1. The zero-order chi connectivity index (χ0) is 18.2. The normalized spacial score (nSPS) is 18.3. The second-order valence-corrected chi connectivity index (χ2v) is 6.75. The molecule has 3 aromatic heterocycles. The highest BCUT2D eigenvalue weighted by Crippen LogP contribution is 2.28. The molecule has 27 heavy (non-hydrogen) atoms. The van der Waals surface area contributed by atoms with E-state index in [0.717, 1.165) is 35.3 Å². The molecule has 0 aliphatic carbocycles. The first kappa shape index (κ1) is 16.3. The van der Waals surface area contributed by atoms with E-state index in [4.69, 9.17) is 19.6 Å². The Morgan fingerprint density at radius 1 is 1.26 bits per heavy atom. The SMILES string of the molecule is NCC(Oc1ccc2ncc(-c3cc4ccccc4o3)n2n1)C1CCOC1. The fourth-order valence-corrected chi connectivity index (χ4v) is 3.53.